The van der Waals surface area contributed by atoms with Crippen LogP contribution in [0.25, 0.3) is 0 Å². The Bertz CT molecular complexity index is 184. The molecule has 1 unspecified atom stereocenters. The fourth-order valence-electron chi connectivity index (χ4n) is 1.91. The predicted octanol–water partition coefficient (Wildman–Crippen LogP) is 3.95. The number of hydrogen-bond acceptors (Lipinski definition) is 0. The van der Waals surface area contributed by atoms with E-state index in [0.717, 1.165) is 5.92 Å². The third kappa shape index (κ3) is 2.51. The van der Waals surface area contributed by atoms with E-state index in [0.29, 0.717) is 5.92 Å². The molecular formula is C12H20. The summed E-state index contributed by atoms with van der Waals surface area (Å²) >= 11 is 0. The van der Waals surface area contributed by atoms with Gasteiger partial charge in [0, 0.05) is 0 Å². The molecule has 0 nitrogen and oxygen atoms in total. The first-order valence-corrected chi connectivity index (χ1v) is 5.08. The van der Waals surface area contributed by atoms with Gasteiger partial charge in [0.15, 0.2) is 0 Å². The summed E-state index contributed by atoms with van der Waals surface area (Å²) in [6.07, 6.45) is 10.8. The van der Waals surface area contributed by atoms with E-state index in [4.69, 9.17) is 0 Å². The van der Waals surface area contributed by atoms with Gasteiger partial charge in [0.25, 0.3) is 0 Å². The van der Waals surface area contributed by atoms with Crippen molar-refractivity contribution in [3.8, 4) is 0 Å². The van der Waals surface area contributed by atoms with E-state index in [1.165, 1.54) is 19.3 Å². The van der Waals surface area contributed by atoms with Crippen LogP contribution in [0.15, 0.2) is 23.8 Å². The van der Waals surface area contributed by atoms with Crippen LogP contribution in [-0.4, -0.2) is 0 Å². The van der Waals surface area contributed by atoms with Crippen molar-refractivity contribution in [2.24, 2.45) is 11.8 Å². The molecule has 0 saturated heterocycles. The average molecular weight is 164 g/mol. The first kappa shape index (κ1) is 9.57. The summed E-state index contributed by atoms with van der Waals surface area (Å²) in [5.74, 6) is 1.50. The molecule has 68 valence electrons. The Morgan fingerprint density at radius 2 is 2.17 bits per heavy atom. The van der Waals surface area contributed by atoms with Gasteiger partial charge >= 0.3 is 0 Å². The lowest BCUT2D eigenvalue weighted by Gasteiger charge is -2.20. The quantitative estimate of drug-likeness (QED) is 0.550. The molecule has 0 heteroatoms. The molecule has 0 spiro atoms. The molecule has 0 amide bonds. The highest BCUT2D eigenvalue weighted by Gasteiger charge is 2.11. The zero-order valence-electron chi connectivity index (χ0n) is 8.51. The molecule has 0 saturated carbocycles. The van der Waals surface area contributed by atoms with Gasteiger partial charge in [0.05, 0.1) is 0 Å². The molecule has 1 rings (SSSR count). The van der Waals surface area contributed by atoms with Crippen molar-refractivity contribution in [1.82, 2.24) is 0 Å². The van der Waals surface area contributed by atoms with Gasteiger partial charge in [-0.3, -0.25) is 0 Å². The van der Waals surface area contributed by atoms with E-state index in [-0.39, 0.29) is 0 Å². The lowest BCUT2D eigenvalue weighted by Crippen LogP contribution is -2.06. The van der Waals surface area contributed by atoms with Crippen molar-refractivity contribution >= 4 is 0 Å². The molecule has 1 aliphatic rings. The summed E-state index contributed by atoms with van der Waals surface area (Å²) < 4.78 is 0. The average Bonchev–Trinajstić information content (AvgIpc) is 1.96. The zero-order chi connectivity index (χ0) is 8.97. The summed E-state index contributed by atoms with van der Waals surface area (Å²) in [7, 11) is 0. The van der Waals surface area contributed by atoms with Gasteiger partial charge in [0.1, 0.15) is 0 Å². The highest BCUT2D eigenvalue weighted by molar-refractivity contribution is 5.17. The van der Waals surface area contributed by atoms with Crippen LogP contribution in [0.1, 0.15) is 40.0 Å². The van der Waals surface area contributed by atoms with Gasteiger partial charge in [-0.1, -0.05) is 44.6 Å². The Hall–Kier alpha value is -0.520. The molecule has 1 aliphatic carbocycles. The van der Waals surface area contributed by atoms with E-state index in [2.05, 4.69) is 39.0 Å². The Kier molecular flexibility index (Phi) is 3.58. The number of allylic oxidation sites excluding steroid dienone is 4. The smallest absolute Gasteiger partial charge is 0.0226 e. The van der Waals surface area contributed by atoms with Crippen molar-refractivity contribution < 1.29 is 0 Å². The highest BCUT2D eigenvalue weighted by atomic mass is 14.2. The van der Waals surface area contributed by atoms with Crippen LogP contribution in [-0.2, 0) is 0 Å². The Balaban J connectivity index is 2.74. The zero-order valence-corrected chi connectivity index (χ0v) is 8.51. The lowest BCUT2D eigenvalue weighted by molar-refractivity contribution is 0.524. The second-order valence-electron chi connectivity index (χ2n) is 4.08. The summed E-state index contributed by atoms with van der Waals surface area (Å²) in [4.78, 5) is 0. The van der Waals surface area contributed by atoms with Crippen LogP contribution in [0, 0.1) is 11.8 Å². The van der Waals surface area contributed by atoms with Crippen LogP contribution in [0.2, 0.25) is 0 Å². The minimum Gasteiger partial charge on any atom is -0.0845 e. The maximum absolute atomic E-state index is 2.35. The lowest BCUT2D eigenvalue weighted by atomic mass is 9.86. The monoisotopic (exact) mass is 164 g/mol. The number of rotatable bonds is 1. The van der Waals surface area contributed by atoms with Gasteiger partial charge < -0.3 is 0 Å². The van der Waals surface area contributed by atoms with Crippen LogP contribution in [0.3, 0.4) is 0 Å². The second kappa shape index (κ2) is 4.49. The van der Waals surface area contributed by atoms with Crippen molar-refractivity contribution in [3.63, 3.8) is 0 Å². The van der Waals surface area contributed by atoms with Crippen LogP contribution >= 0.6 is 0 Å². The third-order valence-electron chi connectivity index (χ3n) is 2.67. The minimum absolute atomic E-state index is 0.711. The Morgan fingerprint density at radius 1 is 1.42 bits per heavy atom. The first-order valence-electron chi connectivity index (χ1n) is 5.08. The predicted molar refractivity (Wildman–Crippen MR) is 55.1 cm³/mol. The van der Waals surface area contributed by atoms with Gasteiger partial charge in [-0.15, -0.1) is 0 Å². The molecular weight excluding hydrogens is 144 g/mol. The molecule has 0 aromatic carbocycles. The van der Waals surface area contributed by atoms with Gasteiger partial charge in [-0.25, -0.2) is 0 Å². The van der Waals surface area contributed by atoms with Crippen LogP contribution in [0.5, 0.6) is 0 Å². The molecule has 0 aromatic rings. The standard InChI is InChI=1S/C12H20/c1-10(2)12-9-7-5-4-6-8-11(12)3/h5,7,9-11H,4,6,8H2,1-3H3. The summed E-state index contributed by atoms with van der Waals surface area (Å²) in [6, 6.07) is 0. The maximum atomic E-state index is 2.35. The molecule has 0 N–H and O–H groups in total. The van der Waals surface area contributed by atoms with Crippen molar-refractivity contribution in [3.05, 3.63) is 23.8 Å². The van der Waals surface area contributed by atoms with Crippen molar-refractivity contribution in [1.29, 1.82) is 0 Å². The van der Waals surface area contributed by atoms with Gasteiger partial charge in [-0.2, -0.15) is 0 Å². The molecule has 0 aliphatic heterocycles. The van der Waals surface area contributed by atoms with Crippen LogP contribution in [0.4, 0.5) is 0 Å². The van der Waals surface area contributed by atoms with E-state index in [1.54, 1.807) is 5.57 Å². The third-order valence-corrected chi connectivity index (χ3v) is 2.67. The molecule has 0 heterocycles. The van der Waals surface area contributed by atoms with Crippen molar-refractivity contribution in [2.75, 3.05) is 0 Å². The minimum atomic E-state index is 0.711. The van der Waals surface area contributed by atoms with E-state index in [1.807, 2.05) is 0 Å². The molecule has 12 heavy (non-hydrogen) atoms. The van der Waals surface area contributed by atoms with Gasteiger partial charge in [-0.05, 0) is 31.1 Å². The Morgan fingerprint density at radius 3 is 2.83 bits per heavy atom. The largest absolute Gasteiger partial charge is 0.0845 e. The molecule has 0 bridgehead atoms. The first-order chi connectivity index (χ1) is 5.72. The van der Waals surface area contributed by atoms with Gasteiger partial charge in [0.2, 0.25) is 0 Å². The van der Waals surface area contributed by atoms with E-state index < -0.39 is 0 Å². The summed E-state index contributed by atoms with van der Waals surface area (Å²) in [5, 5.41) is 0. The SMILES string of the molecule is CC(C)C1=CC=CCCCC1C. The van der Waals surface area contributed by atoms with Crippen molar-refractivity contribution in [2.45, 2.75) is 40.0 Å². The number of hydrogen-bond donors (Lipinski definition) is 0. The fourth-order valence-corrected chi connectivity index (χ4v) is 1.91. The van der Waals surface area contributed by atoms with E-state index in [9.17, 15) is 0 Å². The maximum Gasteiger partial charge on any atom is -0.0226 e. The summed E-state index contributed by atoms with van der Waals surface area (Å²) in [6.45, 7) is 6.93. The normalized spacial score (nSPS) is 25.0. The molecule has 0 radical (unpaired) electrons. The Labute approximate surface area is 76.4 Å². The second-order valence-corrected chi connectivity index (χ2v) is 4.08. The van der Waals surface area contributed by atoms with E-state index >= 15 is 0 Å². The van der Waals surface area contributed by atoms with Crippen LogP contribution < -0.4 is 0 Å². The molecule has 0 fully saturated rings. The fraction of sp³-hybridized carbons (Fsp3) is 0.667. The highest BCUT2D eigenvalue weighted by Crippen LogP contribution is 2.25. The molecule has 1 atom stereocenters. The molecule has 0 aromatic heterocycles. The topological polar surface area (TPSA) is 0 Å². The summed E-state index contributed by atoms with van der Waals surface area (Å²) in [5.41, 5.74) is 1.62.